The number of halogens is 1. The van der Waals surface area contributed by atoms with E-state index >= 15 is 0 Å². The molecule has 0 radical (unpaired) electrons. The Bertz CT molecular complexity index is 1060. The molecule has 0 aliphatic rings. The van der Waals surface area contributed by atoms with Crippen LogP contribution in [-0.2, 0) is 16.1 Å². The quantitative estimate of drug-likeness (QED) is 0.344. The minimum Gasteiger partial charge on any atom is -0.451 e. The zero-order valence-corrected chi connectivity index (χ0v) is 16.6. The van der Waals surface area contributed by atoms with Crippen molar-refractivity contribution in [1.82, 2.24) is 10.1 Å². The highest BCUT2D eigenvalue weighted by Crippen LogP contribution is 2.19. The molecule has 3 aromatic rings. The molecule has 0 amide bonds. The van der Waals surface area contributed by atoms with Crippen LogP contribution in [-0.4, -0.2) is 30.2 Å². The van der Waals surface area contributed by atoms with Gasteiger partial charge in [-0.05, 0) is 48.0 Å². The van der Waals surface area contributed by atoms with Crippen molar-refractivity contribution in [2.24, 2.45) is 0 Å². The molecule has 1 heterocycles. The summed E-state index contributed by atoms with van der Waals surface area (Å²) < 4.78 is 10.2. The van der Waals surface area contributed by atoms with E-state index in [1.165, 1.54) is 6.08 Å². The van der Waals surface area contributed by atoms with Gasteiger partial charge in [-0.3, -0.25) is 0 Å². The van der Waals surface area contributed by atoms with Crippen molar-refractivity contribution in [2.45, 2.75) is 6.61 Å². The third kappa shape index (κ3) is 5.21. The van der Waals surface area contributed by atoms with Gasteiger partial charge in [-0.2, -0.15) is 10.2 Å². The standard InChI is InChI=1S/C21H17ClN4O3/c1-26(2)18-9-3-14(4-10-18)11-16(12-23)21(27)28-13-19-24-20(25-29-19)15-5-7-17(22)8-6-15/h3-11H,13H2,1-2H3/b16-11+. The lowest BCUT2D eigenvalue weighted by Gasteiger charge is -2.11. The number of carbonyl (C=O) groups excluding carboxylic acids is 1. The summed E-state index contributed by atoms with van der Waals surface area (Å²) in [6.07, 6.45) is 1.47. The summed E-state index contributed by atoms with van der Waals surface area (Å²) in [4.78, 5) is 18.3. The maximum Gasteiger partial charge on any atom is 0.349 e. The molecule has 0 unspecified atom stereocenters. The zero-order valence-electron chi connectivity index (χ0n) is 15.8. The number of anilines is 1. The molecule has 8 heteroatoms. The van der Waals surface area contributed by atoms with E-state index in [4.69, 9.17) is 20.9 Å². The van der Waals surface area contributed by atoms with Gasteiger partial charge in [0.2, 0.25) is 5.82 Å². The van der Waals surface area contributed by atoms with Gasteiger partial charge in [-0.15, -0.1) is 0 Å². The Hall–Kier alpha value is -3.63. The van der Waals surface area contributed by atoms with E-state index in [1.54, 1.807) is 24.3 Å². The molecule has 2 aromatic carbocycles. The number of hydrogen-bond acceptors (Lipinski definition) is 7. The summed E-state index contributed by atoms with van der Waals surface area (Å²) in [5, 5.41) is 13.7. The largest absolute Gasteiger partial charge is 0.451 e. The van der Waals surface area contributed by atoms with Crippen LogP contribution < -0.4 is 4.90 Å². The number of ether oxygens (including phenoxy) is 1. The van der Waals surface area contributed by atoms with Gasteiger partial charge < -0.3 is 14.2 Å². The summed E-state index contributed by atoms with van der Waals surface area (Å²) in [5.74, 6) is -0.295. The molecule has 0 fully saturated rings. The van der Waals surface area contributed by atoms with Crippen molar-refractivity contribution in [3.8, 4) is 17.5 Å². The second kappa shape index (κ2) is 9.04. The Kier molecular flexibility index (Phi) is 6.27. The fraction of sp³-hybridized carbons (Fsp3) is 0.143. The van der Waals surface area contributed by atoms with Crippen LogP contribution in [0.1, 0.15) is 11.5 Å². The lowest BCUT2D eigenvalue weighted by atomic mass is 10.1. The number of hydrogen-bond donors (Lipinski definition) is 0. The fourth-order valence-electron chi connectivity index (χ4n) is 2.41. The number of nitrogens with zero attached hydrogens (tertiary/aromatic N) is 4. The average molecular weight is 409 g/mol. The summed E-state index contributed by atoms with van der Waals surface area (Å²) in [5.41, 5.74) is 2.32. The second-order valence-corrected chi connectivity index (χ2v) is 6.69. The maximum atomic E-state index is 12.2. The van der Waals surface area contributed by atoms with E-state index in [9.17, 15) is 10.1 Å². The summed E-state index contributed by atoms with van der Waals surface area (Å²) >= 11 is 5.86. The van der Waals surface area contributed by atoms with Crippen LogP contribution in [0.2, 0.25) is 5.02 Å². The highest BCUT2D eigenvalue weighted by Gasteiger charge is 2.14. The summed E-state index contributed by atoms with van der Waals surface area (Å²) in [7, 11) is 3.86. The second-order valence-electron chi connectivity index (χ2n) is 6.25. The van der Waals surface area contributed by atoms with Gasteiger partial charge in [0.1, 0.15) is 11.6 Å². The number of rotatable bonds is 6. The van der Waals surface area contributed by atoms with Gasteiger partial charge in [0.05, 0.1) is 0 Å². The minimum atomic E-state index is -0.768. The summed E-state index contributed by atoms with van der Waals surface area (Å²) in [6.45, 7) is -0.238. The Morgan fingerprint density at radius 1 is 1.21 bits per heavy atom. The molecule has 7 nitrogen and oxygen atoms in total. The van der Waals surface area contributed by atoms with Crippen LogP contribution in [0, 0.1) is 11.3 Å². The van der Waals surface area contributed by atoms with Crippen LogP contribution in [0.15, 0.2) is 58.6 Å². The molecule has 29 heavy (non-hydrogen) atoms. The maximum absolute atomic E-state index is 12.2. The molecule has 0 saturated heterocycles. The first-order valence-electron chi connectivity index (χ1n) is 8.61. The normalized spacial score (nSPS) is 11.0. The number of aromatic nitrogens is 2. The van der Waals surface area contributed by atoms with Crippen LogP contribution in [0.4, 0.5) is 5.69 Å². The van der Waals surface area contributed by atoms with Crippen molar-refractivity contribution < 1.29 is 14.1 Å². The third-order valence-electron chi connectivity index (χ3n) is 3.96. The number of benzene rings is 2. The van der Waals surface area contributed by atoms with Gasteiger partial charge in [-0.25, -0.2) is 4.79 Å². The Morgan fingerprint density at radius 3 is 2.52 bits per heavy atom. The third-order valence-corrected chi connectivity index (χ3v) is 4.21. The first-order valence-corrected chi connectivity index (χ1v) is 8.99. The lowest BCUT2D eigenvalue weighted by Crippen LogP contribution is -2.08. The topological polar surface area (TPSA) is 92.2 Å². The number of nitriles is 1. The zero-order chi connectivity index (χ0) is 20.8. The number of carbonyl (C=O) groups is 1. The molecule has 0 bridgehead atoms. The highest BCUT2D eigenvalue weighted by atomic mass is 35.5. The molecule has 3 rings (SSSR count). The predicted molar refractivity (Wildman–Crippen MR) is 109 cm³/mol. The average Bonchev–Trinajstić information content (AvgIpc) is 3.20. The Balaban J connectivity index is 1.64. The highest BCUT2D eigenvalue weighted by molar-refractivity contribution is 6.30. The molecule has 146 valence electrons. The number of esters is 1. The first-order chi connectivity index (χ1) is 14.0. The van der Waals surface area contributed by atoms with Gasteiger partial charge in [0, 0.05) is 30.4 Å². The van der Waals surface area contributed by atoms with E-state index < -0.39 is 5.97 Å². The van der Waals surface area contributed by atoms with Gasteiger partial charge >= 0.3 is 5.97 Å². The van der Waals surface area contributed by atoms with E-state index in [0.717, 1.165) is 11.3 Å². The molecule has 0 N–H and O–H groups in total. The summed E-state index contributed by atoms with van der Waals surface area (Å²) in [6, 6.07) is 16.2. The van der Waals surface area contributed by atoms with Crippen molar-refractivity contribution in [2.75, 3.05) is 19.0 Å². The Morgan fingerprint density at radius 2 is 1.90 bits per heavy atom. The van der Waals surface area contributed by atoms with Crippen LogP contribution in [0.3, 0.4) is 0 Å². The van der Waals surface area contributed by atoms with Crippen molar-refractivity contribution in [3.63, 3.8) is 0 Å². The van der Waals surface area contributed by atoms with Gasteiger partial charge in [0.25, 0.3) is 5.89 Å². The van der Waals surface area contributed by atoms with Gasteiger partial charge in [0.15, 0.2) is 6.61 Å². The minimum absolute atomic E-state index is 0.121. The van der Waals surface area contributed by atoms with E-state index in [2.05, 4.69) is 10.1 Å². The molecule has 1 aromatic heterocycles. The molecule has 0 atom stereocenters. The fourth-order valence-corrected chi connectivity index (χ4v) is 2.53. The molecule has 0 aliphatic heterocycles. The first kappa shape index (κ1) is 20.1. The van der Waals surface area contributed by atoms with E-state index in [1.807, 2.05) is 49.3 Å². The Labute approximate surface area is 172 Å². The SMILES string of the molecule is CN(C)c1ccc(/C=C(\C#N)C(=O)OCc2nc(-c3ccc(Cl)cc3)no2)cc1. The van der Waals surface area contributed by atoms with Crippen LogP contribution in [0.25, 0.3) is 17.5 Å². The molecule has 0 aliphatic carbocycles. The van der Waals surface area contributed by atoms with E-state index in [-0.39, 0.29) is 18.1 Å². The monoisotopic (exact) mass is 408 g/mol. The smallest absolute Gasteiger partial charge is 0.349 e. The van der Waals surface area contributed by atoms with Crippen molar-refractivity contribution in [1.29, 1.82) is 5.26 Å². The van der Waals surface area contributed by atoms with Gasteiger partial charge in [-0.1, -0.05) is 28.9 Å². The van der Waals surface area contributed by atoms with Crippen molar-refractivity contribution in [3.05, 3.63) is 70.6 Å². The van der Waals surface area contributed by atoms with Crippen molar-refractivity contribution >= 4 is 29.3 Å². The van der Waals surface area contributed by atoms with E-state index in [0.29, 0.717) is 16.4 Å². The molecule has 0 saturated carbocycles. The lowest BCUT2D eigenvalue weighted by molar-refractivity contribution is -0.140. The van der Waals surface area contributed by atoms with Crippen LogP contribution in [0.5, 0.6) is 0 Å². The van der Waals surface area contributed by atoms with Crippen LogP contribution >= 0.6 is 11.6 Å². The molecule has 0 spiro atoms. The predicted octanol–water partition coefficient (Wildman–Crippen LogP) is 4.11. The molecular formula is C21H17ClN4O3. The molecular weight excluding hydrogens is 392 g/mol.